The summed E-state index contributed by atoms with van der Waals surface area (Å²) in [5, 5.41) is 11.0. The van der Waals surface area contributed by atoms with Crippen LogP contribution in [-0.2, 0) is 11.3 Å². The molecule has 33 heavy (non-hydrogen) atoms. The van der Waals surface area contributed by atoms with Gasteiger partial charge in [-0.1, -0.05) is 29.8 Å². The molecule has 9 heteroatoms. The van der Waals surface area contributed by atoms with Crippen molar-refractivity contribution in [3.63, 3.8) is 0 Å². The Balaban J connectivity index is 1.40. The molecule has 2 N–H and O–H groups in total. The van der Waals surface area contributed by atoms with Crippen molar-refractivity contribution < 1.29 is 9.53 Å². The molecule has 1 atom stereocenters. The highest BCUT2D eigenvalue weighted by molar-refractivity contribution is 7.71. The Labute approximate surface area is 203 Å². The van der Waals surface area contributed by atoms with E-state index < -0.39 is 0 Å². The summed E-state index contributed by atoms with van der Waals surface area (Å²) in [6.45, 7) is 2.98. The number of aromatic amines is 1. The maximum absolute atomic E-state index is 12.8. The first-order chi connectivity index (χ1) is 16.1. The van der Waals surface area contributed by atoms with Crippen molar-refractivity contribution in [1.82, 2.24) is 25.0 Å². The third kappa shape index (κ3) is 5.63. The van der Waals surface area contributed by atoms with Crippen molar-refractivity contribution in [1.29, 1.82) is 0 Å². The van der Waals surface area contributed by atoms with Crippen LogP contribution in [0.15, 0.2) is 48.5 Å². The summed E-state index contributed by atoms with van der Waals surface area (Å²) in [7, 11) is 1.63. The van der Waals surface area contributed by atoms with Crippen LogP contribution in [0.4, 0.5) is 0 Å². The fourth-order valence-electron chi connectivity index (χ4n) is 4.23. The van der Waals surface area contributed by atoms with Crippen LogP contribution in [-0.4, -0.2) is 52.3 Å². The molecule has 3 aromatic rings. The average Bonchev–Trinajstić information content (AvgIpc) is 3.49. The van der Waals surface area contributed by atoms with E-state index in [9.17, 15) is 4.79 Å². The Morgan fingerprint density at radius 1 is 1.21 bits per heavy atom. The van der Waals surface area contributed by atoms with E-state index in [0.717, 1.165) is 35.0 Å². The van der Waals surface area contributed by atoms with E-state index in [4.69, 9.17) is 28.6 Å². The van der Waals surface area contributed by atoms with Crippen molar-refractivity contribution >= 4 is 29.7 Å². The molecule has 1 aliphatic heterocycles. The molecule has 1 saturated heterocycles. The molecule has 2 aromatic carbocycles. The summed E-state index contributed by atoms with van der Waals surface area (Å²) in [5.41, 5.74) is 1.96. The molecule has 1 amide bonds. The second-order valence-corrected chi connectivity index (χ2v) is 8.86. The van der Waals surface area contributed by atoms with Gasteiger partial charge in [-0.05, 0) is 74.0 Å². The maximum Gasteiger partial charge on any atom is 0.221 e. The molecule has 0 saturated carbocycles. The molecule has 4 rings (SSSR count). The van der Waals surface area contributed by atoms with Crippen LogP contribution < -0.4 is 10.1 Å². The topological polar surface area (TPSA) is 75.2 Å². The molecule has 0 aliphatic carbocycles. The second kappa shape index (κ2) is 11.0. The molecule has 0 bridgehead atoms. The minimum Gasteiger partial charge on any atom is -0.497 e. The molecular weight excluding hydrogens is 458 g/mol. The summed E-state index contributed by atoms with van der Waals surface area (Å²) < 4.78 is 7.56. The number of rotatable bonds is 9. The van der Waals surface area contributed by atoms with E-state index in [1.54, 1.807) is 7.11 Å². The molecule has 0 spiro atoms. The van der Waals surface area contributed by atoms with Crippen LogP contribution in [0.1, 0.15) is 30.9 Å². The third-order valence-electron chi connectivity index (χ3n) is 6.01. The number of halogens is 1. The normalized spacial score (nSPS) is 14.8. The summed E-state index contributed by atoms with van der Waals surface area (Å²) in [6.07, 6.45) is 2.63. The predicted molar refractivity (Wildman–Crippen MR) is 132 cm³/mol. The Kier molecular flexibility index (Phi) is 7.80. The van der Waals surface area contributed by atoms with Crippen molar-refractivity contribution in [2.75, 3.05) is 26.7 Å². The Morgan fingerprint density at radius 2 is 1.94 bits per heavy atom. The van der Waals surface area contributed by atoms with Crippen LogP contribution in [0.25, 0.3) is 11.4 Å². The first-order valence-corrected chi connectivity index (χ1v) is 11.9. The van der Waals surface area contributed by atoms with Gasteiger partial charge >= 0.3 is 0 Å². The standard InChI is InChI=1S/C24H28ClN5O2S/c1-32-18-10-8-17(9-11-18)23-27-28-24(33)30(23)15-12-22(31)26-16-21(29-13-4-5-14-29)19-6-2-3-7-20(19)25/h2-3,6-11,21H,4-5,12-16H2,1H3,(H,26,31)(H,28,33)/t21-/m0/s1. The highest BCUT2D eigenvalue weighted by Gasteiger charge is 2.25. The van der Waals surface area contributed by atoms with Crippen molar-refractivity contribution in [2.24, 2.45) is 0 Å². The first kappa shape index (κ1) is 23.5. The summed E-state index contributed by atoms with van der Waals surface area (Å²) in [6, 6.07) is 15.5. The fourth-order valence-corrected chi connectivity index (χ4v) is 4.72. The summed E-state index contributed by atoms with van der Waals surface area (Å²) in [5.74, 6) is 1.43. The molecular formula is C24H28ClN5O2S. The van der Waals surface area contributed by atoms with E-state index in [2.05, 4.69) is 20.4 Å². The van der Waals surface area contributed by atoms with Gasteiger partial charge in [-0.2, -0.15) is 5.10 Å². The van der Waals surface area contributed by atoms with Gasteiger partial charge in [-0.15, -0.1) is 0 Å². The number of amides is 1. The predicted octanol–water partition coefficient (Wildman–Crippen LogP) is 4.61. The number of nitrogens with one attached hydrogen (secondary N) is 2. The highest BCUT2D eigenvalue weighted by atomic mass is 35.5. The number of methoxy groups -OCH3 is 1. The van der Waals surface area contributed by atoms with Gasteiger partial charge in [0.15, 0.2) is 10.6 Å². The Bertz CT molecular complexity index is 1140. The smallest absolute Gasteiger partial charge is 0.221 e. The Hall–Kier alpha value is -2.68. The molecule has 1 aromatic heterocycles. The van der Waals surface area contributed by atoms with Crippen LogP contribution in [0, 0.1) is 4.77 Å². The maximum atomic E-state index is 12.8. The number of H-pyrrole nitrogens is 1. The summed E-state index contributed by atoms with van der Waals surface area (Å²) >= 11 is 11.9. The lowest BCUT2D eigenvalue weighted by Gasteiger charge is -2.29. The van der Waals surface area contributed by atoms with E-state index in [1.165, 1.54) is 12.8 Å². The quantitative estimate of drug-likeness (QED) is 0.433. The number of hydrogen-bond donors (Lipinski definition) is 2. The van der Waals surface area contributed by atoms with Crippen molar-refractivity contribution in [3.8, 4) is 17.1 Å². The zero-order valence-electron chi connectivity index (χ0n) is 18.6. The van der Waals surface area contributed by atoms with E-state index in [1.807, 2.05) is 53.1 Å². The molecule has 1 fully saturated rings. The van der Waals surface area contributed by atoms with Gasteiger partial charge in [0.05, 0.1) is 13.2 Å². The number of ether oxygens (including phenoxy) is 1. The molecule has 7 nitrogen and oxygen atoms in total. The monoisotopic (exact) mass is 485 g/mol. The average molecular weight is 486 g/mol. The van der Waals surface area contributed by atoms with Gasteiger partial charge in [0.1, 0.15) is 5.75 Å². The highest BCUT2D eigenvalue weighted by Crippen LogP contribution is 2.29. The minimum absolute atomic E-state index is 0.0324. The third-order valence-corrected chi connectivity index (χ3v) is 6.66. The SMILES string of the molecule is COc1ccc(-c2n[nH]c(=S)n2CCC(=O)NC[C@@H](c2ccccc2Cl)N2CCCC2)cc1. The van der Waals surface area contributed by atoms with E-state index >= 15 is 0 Å². The fraction of sp³-hybridized carbons (Fsp3) is 0.375. The van der Waals surface area contributed by atoms with Crippen LogP contribution in [0.3, 0.4) is 0 Å². The van der Waals surface area contributed by atoms with Gasteiger partial charge in [0.2, 0.25) is 5.91 Å². The molecule has 1 aliphatic rings. The summed E-state index contributed by atoms with van der Waals surface area (Å²) in [4.78, 5) is 15.2. The van der Waals surface area contributed by atoms with Gasteiger partial charge in [0.25, 0.3) is 0 Å². The van der Waals surface area contributed by atoms with Gasteiger partial charge in [-0.25, -0.2) is 0 Å². The molecule has 0 radical (unpaired) electrons. The largest absolute Gasteiger partial charge is 0.497 e. The number of likely N-dealkylation sites (tertiary alicyclic amines) is 1. The van der Waals surface area contributed by atoms with Crippen LogP contribution in [0.2, 0.25) is 5.02 Å². The molecule has 174 valence electrons. The number of carbonyl (C=O) groups is 1. The van der Waals surface area contributed by atoms with Crippen molar-refractivity contribution in [2.45, 2.75) is 31.8 Å². The zero-order valence-corrected chi connectivity index (χ0v) is 20.2. The second-order valence-electron chi connectivity index (χ2n) is 8.07. The van der Waals surface area contributed by atoms with E-state index in [-0.39, 0.29) is 11.9 Å². The van der Waals surface area contributed by atoms with Gasteiger partial charge in [0, 0.05) is 30.1 Å². The van der Waals surface area contributed by atoms with Crippen LogP contribution in [0.5, 0.6) is 5.75 Å². The van der Waals surface area contributed by atoms with Gasteiger partial charge < -0.3 is 10.1 Å². The lowest BCUT2D eigenvalue weighted by molar-refractivity contribution is -0.121. The number of aromatic nitrogens is 3. The lowest BCUT2D eigenvalue weighted by atomic mass is 10.1. The number of benzene rings is 2. The number of nitrogens with zero attached hydrogens (tertiary/aromatic N) is 3. The van der Waals surface area contributed by atoms with E-state index in [0.29, 0.717) is 30.1 Å². The minimum atomic E-state index is -0.0324. The van der Waals surface area contributed by atoms with Crippen molar-refractivity contribution in [3.05, 3.63) is 63.9 Å². The first-order valence-electron chi connectivity index (χ1n) is 11.1. The zero-order chi connectivity index (χ0) is 23.2. The lowest BCUT2D eigenvalue weighted by Crippen LogP contribution is -2.37. The Morgan fingerprint density at radius 3 is 2.64 bits per heavy atom. The van der Waals surface area contributed by atoms with Crippen LogP contribution >= 0.6 is 23.8 Å². The number of carbonyl (C=O) groups excluding carboxylic acids is 1. The number of hydrogen-bond acceptors (Lipinski definition) is 5. The van der Waals surface area contributed by atoms with Gasteiger partial charge in [-0.3, -0.25) is 19.4 Å². The molecule has 0 unspecified atom stereocenters. The molecule has 2 heterocycles.